The third kappa shape index (κ3) is 5.51. The van der Waals surface area contributed by atoms with Gasteiger partial charge in [0.25, 0.3) is 5.91 Å². The zero-order valence-corrected chi connectivity index (χ0v) is 15.1. The molecular formula is C14H19N3O6S2. The molecule has 1 aromatic rings. The van der Waals surface area contributed by atoms with Crippen LogP contribution in [0.1, 0.15) is 43.0 Å². The van der Waals surface area contributed by atoms with Crippen molar-refractivity contribution in [3.63, 3.8) is 0 Å². The first-order valence-electron chi connectivity index (χ1n) is 7.60. The Morgan fingerprint density at radius 1 is 1.32 bits per heavy atom. The van der Waals surface area contributed by atoms with Crippen molar-refractivity contribution in [3.05, 3.63) is 17.0 Å². The van der Waals surface area contributed by atoms with Gasteiger partial charge < -0.3 is 10.1 Å². The predicted molar refractivity (Wildman–Crippen MR) is 89.5 cm³/mol. The van der Waals surface area contributed by atoms with Gasteiger partial charge in [-0.25, -0.2) is 23.1 Å². The minimum absolute atomic E-state index is 0.0379. The molecule has 1 atom stereocenters. The first kappa shape index (κ1) is 19.3. The fourth-order valence-corrected chi connectivity index (χ4v) is 3.93. The third-order valence-electron chi connectivity index (χ3n) is 3.67. The molecule has 11 heteroatoms. The molecule has 4 N–H and O–H groups in total. The van der Waals surface area contributed by atoms with Crippen molar-refractivity contribution >= 4 is 39.3 Å². The lowest BCUT2D eigenvalue weighted by Gasteiger charge is -2.15. The van der Waals surface area contributed by atoms with Crippen molar-refractivity contribution in [1.82, 2.24) is 10.6 Å². The number of imide groups is 1. The van der Waals surface area contributed by atoms with E-state index in [4.69, 9.17) is 9.88 Å². The molecular weight excluding hydrogens is 370 g/mol. The Morgan fingerprint density at radius 2 is 1.96 bits per heavy atom. The highest BCUT2D eigenvalue weighted by molar-refractivity contribution is 7.91. The number of nitrogens with two attached hydrogens (primary N) is 1. The number of hydrogen-bond donors (Lipinski definition) is 3. The first-order valence-corrected chi connectivity index (χ1v) is 10.0. The Bertz CT molecular complexity index is 767. The molecule has 0 aliphatic heterocycles. The average Bonchev–Trinajstić information content (AvgIpc) is 3.17. The second-order valence-electron chi connectivity index (χ2n) is 5.69. The molecule has 1 aliphatic carbocycles. The SMILES string of the molecule is C[C@H](OC(=O)c1csc(S(N)(=O)=O)c1)C(=O)NC(=O)NC1CCCC1. The zero-order chi connectivity index (χ0) is 18.6. The Labute approximate surface area is 149 Å². The highest BCUT2D eigenvalue weighted by Gasteiger charge is 2.24. The number of nitrogens with one attached hydrogen (secondary N) is 2. The van der Waals surface area contributed by atoms with Crippen molar-refractivity contribution in [2.45, 2.75) is 49.0 Å². The monoisotopic (exact) mass is 389 g/mol. The van der Waals surface area contributed by atoms with Crippen LogP contribution >= 0.6 is 11.3 Å². The highest BCUT2D eigenvalue weighted by Crippen LogP contribution is 2.20. The second kappa shape index (κ2) is 7.93. The van der Waals surface area contributed by atoms with E-state index in [9.17, 15) is 22.8 Å². The minimum atomic E-state index is -3.91. The fraction of sp³-hybridized carbons (Fsp3) is 0.500. The molecule has 1 aliphatic rings. The van der Waals surface area contributed by atoms with E-state index in [-0.39, 0.29) is 15.8 Å². The number of amides is 3. The lowest BCUT2D eigenvalue weighted by Crippen LogP contribution is -2.47. The van der Waals surface area contributed by atoms with E-state index < -0.39 is 34.0 Å². The van der Waals surface area contributed by atoms with Crippen molar-refractivity contribution in [3.8, 4) is 0 Å². The van der Waals surface area contributed by atoms with E-state index >= 15 is 0 Å². The molecule has 0 spiro atoms. The number of urea groups is 1. The van der Waals surface area contributed by atoms with Crippen LogP contribution in [0.5, 0.6) is 0 Å². The van der Waals surface area contributed by atoms with Crippen LogP contribution in [0.25, 0.3) is 0 Å². The van der Waals surface area contributed by atoms with E-state index in [1.54, 1.807) is 0 Å². The standard InChI is InChI=1S/C14H19N3O6S2/c1-8(12(18)17-14(20)16-10-4-2-3-5-10)23-13(19)9-6-11(24-7-9)25(15,21)22/h6-8,10H,2-5H2,1H3,(H2,15,21,22)(H2,16,17,18,20)/t8-/m0/s1. The van der Waals surface area contributed by atoms with Crippen LogP contribution in [-0.2, 0) is 19.6 Å². The molecule has 0 unspecified atom stereocenters. The number of sulfonamides is 1. The van der Waals surface area contributed by atoms with Crippen LogP contribution in [-0.4, -0.2) is 38.5 Å². The molecule has 0 radical (unpaired) electrons. The summed E-state index contributed by atoms with van der Waals surface area (Å²) in [6.45, 7) is 1.31. The number of carbonyl (C=O) groups excluding carboxylic acids is 3. The topological polar surface area (TPSA) is 145 Å². The Morgan fingerprint density at radius 3 is 2.52 bits per heavy atom. The molecule has 0 bridgehead atoms. The maximum Gasteiger partial charge on any atom is 0.339 e. The molecule has 138 valence electrons. The number of rotatable bonds is 5. The molecule has 1 saturated carbocycles. The average molecular weight is 389 g/mol. The quantitative estimate of drug-likeness (QED) is 0.633. The molecule has 9 nitrogen and oxygen atoms in total. The first-order chi connectivity index (χ1) is 11.7. The summed E-state index contributed by atoms with van der Waals surface area (Å²) >= 11 is 0.770. The van der Waals surface area contributed by atoms with Gasteiger partial charge in [0.05, 0.1) is 5.56 Å². The van der Waals surface area contributed by atoms with Gasteiger partial charge in [-0.15, -0.1) is 11.3 Å². The van der Waals surface area contributed by atoms with Gasteiger partial charge in [-0.2, -0.15) is 0 Å². The van der Waals surface area contributed by atoms with Crippen LogP contribution in [0.2, 0.25) is 0 Å². The summed E-state index contributed by atoms with van der Waals surface area (Å²) in [7, 11) is -3.91. The molecule has 2 rings (SSSR count). The minimum Gasteiger partial charge on any atom is -0.449 e. The highest BCUT2D eigenvalue weighted by atomic mass is 32.2. The van der Waals surface area contributed by atoms with Gasteiger partial charge in [0, 0.05) is 11.4 Å². The van der Waals surface area contributed by atoms with Crippen molar-refractivity contribution in [1.29, 1.82) is 0 Å². The number of esters is 1. The second-order valence-corrected chi connectivity index (χ2v) is 8.39. The Kier molecular flexibility index (Phi) is 6.14. The molecule has 0 saturated heterocycles. The molecule has 3 amide bonds. The summed E-state index contributed by atoms with van der Waals surface area (Å²) in [5, 5.41) is 11.0. The summed E-state index contributed by atoms with van der Waals surface area (Å²) in [5.74, 6) is -1.66. The summed E-state index contributed by atoms with van der Waals surface area (Å²) in [6.07, 6.45) is 2.59. The van der Waals surface area contributed by atoms with Crippen LogP contribution < -0.4 is 15.8 Å². The van der Waals surface area contributed by atoms with E-state index in [0.29, 0.717) is 0 Å². The summed E-state index contributed by atoms with van der Waals surface area (Å²) in [6, 6.07) is 0.486. The van der Waals surface area contributed by atoms with Crippen molar-refractivity contribution < 1.29 is 27.5 Å². The van der Waals surface area contributed by atoms with Gasteiger partial charge in [-0.05, 0) is 25.8 Å². The van der Waals surface area contributed by atoms with Gasteiger partial charge in [0.2, 0.25) is 10.0 Å². The zero-order valence-electron chi connectivity index (χ0n) is 13.5. The molecule has 25 heavy (non-hydrogen) atoms. The number of thiophene rings is 1. The van der Waals surface area contributed by atoms with E-state index in [1.807, 2.05) is 0 Å². The third-order valence-corrected chi connectivity index (χ3v) is 6.06. The summed E-state index contributed by atoms with van der Waals surface area (Å²) < 4.78 is 27.1. The van der Waals surface area contributed by atoms with Gasteiger partial charge in [0.15, 0.2) is 6.10 Å². The van der Waals surface area contributed by atoms with Gasteiger partial charge in [0.1, 0.15) is 4.21 Å². The molecule has 0 aromatic carbocycles. The van der Waals surface area contributed by atoms with Gasteiger partial charge in [-0.3, -0.25) is 10.1 Å². The van der Waals surface area contributed by atoms with Gasteiger partial charge >= 0.3 is 12.0 Å². The molecule has 1 aromatic heterocycles. The summed E-state index contributed by atoms with van der Waals surface area (Å²) in [4.78, 5) is 35.5. The summed E-state index contributed by atoms with van der Waals surface area (Å²) in [5.41, 5.74) is -0.0379. The lowest BCUT2D eigenvalue weighted by atomic mass is 10.2. The normalized spacial score (nSPS) is 16.2. The molecule has 1 fully saturated rings. The maximum atomic E-state index is 11.9. The van der Waals surface area contributed by atoms with Crippen LogP contribution in [0.4, 0.5) is 4.79 Å². The van der Waals surface area contributed by atoms with Crippen LogP contribution in [0.3, 0.4) is 0 Å². The van der Waals surface area contributed by atoms with E-state index in [2.05, 4.69) is 10.6 Å². The number of carbonyl (C=O) groups is 3. The number of hydrogen-bond acceptors (Lipinski definition) is 7. The molecule has 1 heterocycles. The number of ether oxygens (including phenoxy) is 1. The van der Waals surface area contributed by atoms with Crippen molar-refractivity contribution in [2.75, 3.05) is 0 Å². The lowest BCUT2D eigenvalue weighted by molar-refractivity contribution is -0.127. The van der Waals surface area contributed by atoms with E-state index in [0.717, 1.165) is 43.1 Å². The van der Waals surface area contributed by atoms with Crippen molar-refractivity contribution in [2.24, 2.45) is 5.14 Å². The largest absolute Gasteiger partial charge is 0.449 e. The Hall–Kier alpha value is -1.98. The van der Waals surface area contributed by atoms with E-state index in [1.165, 1.54) is 12.3 Å². The van der Waals surface area contributed by atoms with Gasteiger partial charge in [-0.1, -0.05) is 12.8 Å². The predicted octanol–water partition coefficient (Wildman–Crippen LogP) is 0.709. The maximum absolute atomic E-state index is 11.9. The van der Waals surface area contributed by atoms with Crippen LogP contribution in [0.15, 0.2) is 15.7 Å². The van der Waals surface area contributed by atoms with Crippen LogP contribution in [0, 0.1) is 0 Å². The fourth-order valence-electron chi connectivity index (χ4n) is 2.36. The number of primary sulfonamides is 1. The Balaban J connectivity index is 1.86. The smallest absolute Gasteiger partial charge is 0.339 e.